The summed E-state index contributed by atoms with van der Waals surface area (Å²) in [7, 11) is 0. The van der Waals surface area contributed by atoms with Gasteiger partial charge in [-0.1, -0.05) is 11.8 Å². The topological polar surface area (TPSA) is 87.9 Å². The van der Waals surface area contributed by atoms with Crippen LogP contribution in [-0.4, -0.2) is 43.3 Å². The molecule has 1 atom stereocenters. The van der Waals surface area contributed by atoms with E-state index in [1.165, 1.54) is 11.8 Å². The highest BCUT2D eigenvalue weighted by atomic mass is 32.2. The zero-order chi connectivity index (χ0) is 13.9. The first-order valence-electron chi connectivity index (χ1n) is 5.99. The average molecular weight is 271 g/mol. The van der Waals surface area contributed by atoms with E-state index in [4.69, 9.17) is 5.73 Å². The lowest BCUT2D eigenvalue weighted by atomic mass is 10.2. The van der Waals surface area contributed by atoms with Crippen molar-refractivity contribution in [1.29, 1.82) is 0 Å². The van der Waals surface area contributed by atoms with E-state index in [9.17, 15) is 4.79 Å². The Bertz CT molecular complexity index is 396. The first-order chi connectivity index (χ1) is 8.32. The summed E-state index contributed by atoms with van der Waals surface area (Å²) in [4.78, 5) is 18.2. The maximum atomic E-state index is 12.3. The molecule has 1 unspecified atom stereocenters. The molecule has 0 aliphatic heterocycles. The Morgan fingerprint density at radius 3 is 2.22 bits per heavy atom. The number of aromatic nitrogens is 3. The summed E-state index contributed by atoms with van der Waals surface area (Å²) in [6, 6.07) is 0.357. The molecule has 1 heterocycles. The Balaban J connectivity index is 2.70. The number of nitrogens with two attached hydrogens (primary N) is 1. The summed E-state index contributed by atoms with van der Waals surface area (Å²) in [6.45, 7) is 9.91. The van der Waals surface area contributed by atoms with Crippen LogP contribution in [0, 0.1) is 0 Å². The van der Waals surface area contributed by atoms with E-state index in [0.717, 1.165) is 0 Å². The second-order valence-corrected chi connectivity index (χ2v) is 6.00. The highest BCUT2D eigenvalue weighted by Gasteiger charge is 2.26. The van der Waals surface area contributed by atoms with Crippen molar-refractivity contribution < 1.29 is 4.79 Å². The number of carbonyl (C=O) groups is 1. The number of amides is 1. The number of H-pyrrole nitrogens is 1. The van der Waals surface area contributed by atoms with Gasteiger partial charge in [-0.25, -0.2) is 5.10 Å². The summed E-state index contributed by atoms with van der Waals surface area (Å²) in [5.74, 6) is 0.357. The lowest BCUT2D eigenvalue weighted by Crippen LogP contribution is -2.45. The van der Waals surface area contributed by atoms with Crippen molar-refractivity contribution in [1.82, 2.24) is 20.1 Å². The van der Waals surface area contributed by atoms with E-state index in [0.29, 0.717) is 5.16 Å². The summed E-state index contributed by atoms with van der Waals surface area (Å²) in [5, 5.41) is 6.75. The SMILES string of the molecule is CC(Sc1n[nH]c(N)n1)C(=O)N(C(C)C)C(C)C. The third kappa shape index (κ3) is 3.63. The number of thioether (sulfide) groups is 1. The van der Waals surface area contributed by atoms with Crippen molar-refractivity contribution in [2.24, 2.45) is 0 Å². The fourth-order valence-corrected chi connectivity index (χ4v) is 2.62. The van der Waals surface area contributed by atoms with E-state index in [2.05, 4.69) is 15.2 Å². The van der Waals surface area contributed by atoms with E-state index >= 15 is 0 Å². The molecular formula is C11H21N5OS. The molecule has 0 saturated carbocycles. The van der Waals surface area contributed by atoms with Crippen LogP contribution in [0.25, 0.3) is 0 Å². The number of rotatable bonds is 5. The van der Waals surface area contributed by atoms with Crippen LogP contribution in [0.1, 0.15) is 34.6 Å². The van der Waals surface area contributed by atoms with Crippen LogP contribution < -0.4 is 5.73 Å². The number of anilines is 1. The van der Waals surface area contributed by atoms with E-state index in [-0.39, 0.29) is 29.2 Å². The maximum Gasteiger partial charge on any atom is 0.236 e. The second-order valence-electron chi connectivity index (χ2n) is 4.70. The zero-order valence-corrected chi connectivity index (χ0v) is 12.3. The molecule has 0 fully saturated rings. The highest BCUT2D eigenvalue weighted by Crippen LogP contribution is 2.22. The molecule has 1 amide bonds. The van der Waals surface area contributed by atoms with Crippen LogP contribution in [-0.2, 0) is 4.79 Å². The van der Waals surface area contributed by atoms with Gasteiger partial charge < -0.3 is 10.6 Å². The molecule has 0 aliphatic rings. The number of hydrogen-bond donors (Lipinski definition) is 2. The van der Waals surface area contributed by atoms with Gasteiger partial charge >= 0.3 is 0 Å². The van der Waals surface area contributed by atoms with Crippen LogP contribution in [0.5, 0.6) is 0 Å². The molecule has 7 heteroatoms. The minimum absolute atomic E-state index is 0.0911. The van der Waals surface area contributed by atoms with Crippen LogP contribution >= 0.6 is 11.8 Å². The average Bonchev–Trinajstić information content (AvgIpc) is 2.62. The molecule has 1 aromatic rings. The van der Waals surface area contributed by atoms with Crippen molar-refractivity contribution in [2.45, 2.75) is 57.1 Å². The summed E-state index contributed by atoms with van der Waals surface area (Å²) < 4.78 is 0. The van der Waals surface area contributed by atoms with Gasteiger partial charge in [0, 0.05) is 12.1 Å². The summed E-state index contributed by atoms with van der Waals surface area (Å²) in [5.41, 5.74) is 5.45. The smallest absolute Gasteiger partial charge is 0.236 e. The molecule has 1 rings (SSSR count). The number of carbonyl (C=O) groups excluding carboxylic acids is 1. The normalized spacial score (nSPS) is 13.1. The lowest BCUT2D eigenvalue weighted by Gasteiger charge is -2.32. The third-order valence-corrected chi connectivity index (χ3v) is 3.43. The van der Waals surface area contributed by atoms with Gasteiger partial charge in [0.1, 0.15) is 0 Å². The second kappa shape index (κ2) is 6.08. The van der Waals surface area contributed by atoms with E-state index in [1.54, 1.807) is 0 Å². The van der Waals surface area contributed by atoms with Crippen molar-refractivity contribution >= 4 is 23.6 Å². The van der Waals surface area contributed by atoms with Gasteiger partial charge in [-0.15, -0.1) is 5.10 Å². The van der Waals surface area contributed by atoms with Gasteiger partial charge in [-0.2, -0.15) is 4.98 Å². The van der Waals surface area contributed by atoms with Crippen LogP contribution in [0.4, 0.5) is 5.95 Å². The van der Waals surface area contributed by atoms with E-state index < -0.39 is 0 Å². The molecule has 0 spiro atoms. The highest BCUT2D eigenvalue weighted by molar-refractivity contribution is 8.00. The number of nitrogens with one attached hydrogen (secondary N) is 1. The molecular weight excluding hydrogens is 250 g/mol. The lowest BCUT2D eigenvalue weighted by molar-refractivity contribution is -0.133. The monoisotopic (exact) mass is 271 g/mol. The molecule has 0 bridgehead atoms. The summed E-state index contributed by atoms with van der Waals surface area (Å²) in [6.07, 6.45) is 0. The molecule has 18 heavy (non-hydrogen) atoms. The van der Waals surface area contributed by atoms with Gasteiger partial charge in [-0.05, 0) is 34.6 Å². The van der Waals surface area contributed by atoms with Crippen LogP contribution in [0.15, 0.2) is 5.16 Å². The molecule has 0 aliphatic carbocycles. The van der Waals surface area contributed by atoms with Gasteiger partial charge in [-0.3, -0.25) is 4.79 Å². The predicted molar refractivity (Wildman–Crippen MR) is 73.2 cm³/mol. The Morgan fingerprint density at radius 1 is 1.28 bits per heavy atom. The maximum absolute atomic E-state index is 12.3. The Labute approximate surface area is 112 Å². The Hall–Kier alpha value is -1.24. The minimum Gasteiger partial charge on any atom is -0.368 e. The first kappa shape index (κ1) is 14.8. The van der Waals surface area contributed by atoms with Crippen LogP contribution in [0.3, 0.4) is 0 Å². The van der Waals surface area contributed by atoms with Crippen molar-refractivity contribution in [3.05, 3.63) is 0 Å². The third-order valence-electron chi connectivity index (χ3n) is 2.48. The van der Waals surface area contributed by atoms with E-state index in [1.807, 2.05) is 39.5 Å². The standard InChI is InChI=1S/C11H21N5OS/c1-6(2)16(7(3)4)9(17)8(5)18-11-13-10(12)14-15-11/h6-8H,1-5H3,(H3,12,13,14,15). The fraction of sp³-hybridized carbons (Fsp3) is 0.727. The van der Waals surface area contributed by atoms with Gasteiger partial charge in [0.15, 0.2) is 0 Å². The number of aromatic amines is 1. The number of nitrogens with zero attached hydrogens (tertiary/aromatic N) is 3. The minimum atomic E-state index is -0.231. The Morgan fingerprint density at radius 2 is 1.83 bits per heavy atom. The molecule has 102 valence electrons. The first-order valence-corrected chi connectivity index (χ1v) is 6.87. The van der Waals surface area contributed by atoms with Crippen molar-refractivity contribution in [3.8, 4) is 0 Å². The van der Waals surface area contributed by atoms with Gasteiger partial charge in [0.25, 0.3) is 0 Å². The summed E-state index contributed by atoms with van der Waals surface area (Å²) >= 11 is 1.31. The number of nitrogen functional groups attached to an aromatic ring is 1. The molecule has 1 aromatic heterocycles. The fourth-order valence-electron chi connectivity index (χ4n) is 1.83. The van der Waals surface area contributed by atoms with Gasteiger partial charge in [0.05, 0.1) is 5.25 Å². The molecule has 0 aromatic carbocycles. The molecule has 0 radical (unpaired) electrons. The van der Waals surface area contributed by atoms with Crippen LogP contribution in [0.2, 0.25) is 0 Å². The number of hydrogen-bond acceptors (Lipinski definition) is 5. The van der Waals surface area contributed by atoms with Crippen molar-refractivity contribution in [3.63, 3.8) is 0 Å². The largest absolute Gasteiger partial charge is 0.368 e. The molecule has 3 N–H and O–H groups in total. The molecule has 0 saturated heterocycles. The van der Waals surface area contributed by atoms with Crippen molar-refractivity contribution in [2.75, 3.05) is 5.73 Å². The quantitative estimate of drug-likeness (QED) is 0.793. The molecule has 6 nitrogen and oxygen atoms in total. The Kier molecular flexibility index (Phi) is 5.01. The zero-order valence-electron chi connectivity index (χ0n) is 11.5. The van der Waals surface area contributed by atoms with Gasteiger partial charge in [0.2, 0.25) is 17.0 Å². The predicted octanol–water partition coefficient (Wildman–Crippen LogP) is 1.51.